The Morgan fingerprint density at radius 2 is 2.00 bits per heavy atom. The molecule has 1 atom stereocenters. The summed E-state index contributed by atoms with van der Waals surface area (Å²) in [7, 11) is -3.12. The van der Waals surface area contributed by atoms with E-state index in [2.05, 4.69) is 15.3 Å². The first-order valence-electron chi connectivity index (χ1n) is 5.31. The molecule has 0 aromatic carbocycles. The summed E-state index contributed by atoms with van der Waals surface area (Å²) in [5, 5.41) is 2.52. The number of sulfone groups is 1. The van der Waals surface area contributed by atoms with Crippen LogP contribution >= 0.6 is 0 Å². The molecular formula is C10H16N4O3S. The zero-order chi connectivity index (χ0) is 13.8. The third kappa shape index (κ3) is 5.19. The monoisotopic (exact) mass is 272 g/mol. The summed E-state index contributed by atoms with van der Waals surface area (Å²) in [6, 6.07) is -0.874. The molecule has 0 aliphatic heterocycles. The molecule has 7 nitrogen and oxygen atoms in total. The van der Waals surface area contributed by atoms with Gasteiger partial charge in [0.25, 0.3) is 0 Å². The molecule has 8 heteroatoms. The molecule has 1 heterocycles. The van der Waals surface area contributed by atoms with E-state index in [-0.39, 0.29) is 12.2 Å². The van der Waals surface area contributed by atoms with Gasteiger partial charge in [0.05, 0.1) is 29.9 Å². The van der Waals surface area contributed by atoms with Gasteiger partial charge in [0, 0.05) is 6.26 Å². The third-order valence-corrected chi connectivity index (χ3v) is 3.16. The lowest BCUT2D eigenvalue weighted by atomic mass is 10.2. The molecule has 0 aliphatic rings. The van der Waals surface area contributed by atoms with Gasteiger partial charge in [-0.1, -0.05) is 0 Å². The minimum absolute atomic E-state index is 0.0807. The van der Waals surface area contributed by atoms with Crippen molar-refractivity contribution >= 4 is 21.4 Å². The summed E-state index contributed by atoms with van der Waals surface area (Å²) in [5.74, 6) is 0.0203. The molecule has 0 fully saturated rings. The van der Waals surface area contributed by atoms with Crippen molar-refractivity contribution in [2.75, 3.05) is 17.3 Å². The Balaban J connectivity index is 2.52. The lowest BCUT2D eigenvalue weighted by Gasteiger charge is -2.11. The third-order valence-electron chi connectivity index (χ3n) is 2.18. The molecule has 0 saturated heterocycles. The number of anilines is 1. The van der Waals surface area contributed by atoms with Crippen LogP contribution in [-0.4, -0.2) is 42.3 Å². The summed E-state index contributed by atoms with van der Waals surface area (Å²) in [4.78, 5) is 19.5. The molecule has 1 amide bonds. The number of hydrogen-bond acceptors (Lipinski definition) is 6. The lowest BCUT2D eigenvalue weighted by Crippen LogP contribution is -2.37. The highest BCUT2D eigenvalue weighted by molar-refractivity contribution is 7.90. The predicted molar refractivity (Wildman–Crippen MR) is 67.7 cm³/mol. The molecule has 1 aromatic rings. The van der Waals surface area contributed by atoms with Gasteiger partial charge >= 0.3 is 0 Å². The van der Waals surface area contributed by atoms with Gasteiger partial charge in [0.2, 0.25) is 5.91 Å². The fourth-order valence-electron chi connectivity index (χ4n) is 1.16. The molecule has 100 valence electrons. The van der Waals surface area contributed by atoms with Crippen molar-refractivity contribution in [2.24, 2.45) is 5.73 Å². The van der Waals surface area contributed by atoms with Gasteiger partial charge in [0.15, 0.2) is 0 Å². The van der Waals surface area contributed by atoms with Gasteiger partial charge < -0.3 is 11.1 Å². The molecule has 1 rings (SSSR count). The van der Waals surface area contributed by atoms with Crippen molar-refractivity contribution in [3.05, 3.63) is 18.2 Å². The van der Waals surface area contributed by atoms with Gasteiger partial charge in [-0.15, -0.1) is 0 Å². The average molecular weight is 272 g/mol. The van der Waals surface area contributed by atoms with Crippen LogP contribution in [0.25, 0.3) is 0 Å². The minimum Gasteiger partial charge on any atom is -0.322 e. The fraction of sp³-hybridized carbons (Fsp3) is 0.500. The second-order valence-electron chi connectivity index (χ2n) is 4.03. The Hall–Kier alpha value is -1.54. The maximum atomic E-state index is 11.6. The molecule has 0 unspecified atom stereocenters. The van der Waals surface area contributed by atoms with Crippen molar-refractivity contribution in [3.8, 4) is 0 Å². The van der Waals surface area contributed by atoms with E-state index < -0.39 is 21.8 Å². The van der Waals surface area contributed by atoms with Crippen LogP contribution in [0.4, 0.5) is 5.69 Å². The highest BCUT2D eigenvalue weighted by Crippen LogP contribution is 2.04. The number of rotatable bonds is 5. The molecule has 0 spiro atoms. The summed E-state index contributed by atoms with van der Waals surface area (Å²) in [5.41, 5.74) is 6.02. The van der Waals surface area contributed by atoms with Crippen LogP contribution in [0.15, 0.2) is 12.4 Å². The number of amides is 1. The van der Waals surface area contributed by atoms with Gasteiger partial charge in [-0.05, 0) is 13.3 Å². The molecule has 3 N–H and O–H groups in total. The minimum atomic E-state index is -3.12. The van der Waals surface area contributed by atoms with Crippen molar-refractivity contribution in [1.29, 1.82) is 0 Å². The number of nitrogens with two attached hydrogens (primary N) is 1. The Labute approximate surface area is 106 Å². The summed E-state index contributed by atoms with van der Waals surface area (Å²) in [6.45, 7) is 1.73. The first kappa shape index (κ1) is 14.5. The molecule has 0 aliphatic carbocycles. The van der Waals surface area contributed by atoms with E-state index >= 15 is 0 Å². The number of nitrogens with one attached hydrogen (secondary N) is 1. The molecule has 1 aromatic heterocycles. The standard InChI is InChI=1S/C10H16N4O3S/c1-7-12-5-8(6-13-7)14-10(15)9(11)3-4-18(2,16)17/h5-6,9H,3-4,11H2,1-2H3,(H,14,15)/t9-/m0/s1. The van der Waals surface area contributed by atoms with E-state index in [0.717, 1.165) is 6.26 Å². The SMILES string of the molecule is Cc1ncc(NC(=O)[C@@H](N)CCS(C)(=O)=O)cn1. The van der Waals surface area contributed by atoms with Gasteiger partial charge in [-0.25, -0.2) is 18.4 Å². The zero-order valence-electron chi connectivity index (χ0n) is 10.3. The highest BCUT2D eigenvalue weighted by atomic mass is 32.2. The smallest absolute Gasteiger partial charge is 0.241 e. The van der Waals surface area contributed by atoms with Crippen LogP contribution in [0.1, 0.15) is 12.2 Å². The molecular weight excluding hydrogens is 256 g/mol. The van der Waals surface area contributed by atoms with Crippen molar-refractivity contribution < 1.29 is 13.2 Å². The van der Waals surface area contributed by atoms with Crippen molar-refractivity contribution in [1.82, 2.24) is 9.97 Å². The van der Waals surface area contributed by atoms with Crippen LogP contribution in [0.2, 0.25) is 0 Å². The van der Waals surface area contributed by atoms with E-state index in [0.29, 0.717) is 11.5 Å². The lowest BCUT2D eigenvalue weighted by molar-refractivity contribution is -0.117. The normalized spacial score (nSPS) is 13.1. The van der Waals surface area contributed by atoms with E-state index in [1.165, 1.54) is 12.4 Å². The summed E-state index contributed by atoms with van der Waals surface area (Å²) < 4.78 is 21.9. The van der Waals surface area contributed by atoms with Gasteiger partial charge in [-0.2, -0.15) is 0 Å². The number of carbonyl (C=O) groups excluding carboxylic acids is 1. The quantitative estimate of drug-likeness (QED) is 0.745. The number of carbonyl (C=O) groups is 1. The molecule has 0 radical (unpaired) electrons. The summed E-state index contributed by atoms with van der Waals surface area (Å²) in [6.07, 6.45) is 4.11. The Bertz CT molecular complexity index is 512. The fourth-order valence-corrected chi connectivity index (χ4v) is 1.85. The average Bonchev–Trinajstić information content (AvgIpc) is 2.28. The van der Waals surface area contributed by atoms with E-state index in [1.807, 2.05) is 0 Å². The molecule has 18 heavy (non-hydrogen) atoms. The molecule has 0 saturated carbocycles. The largest absolute Gasteiger partial charge is 0.322 e. The number of nitrogens with zero attached hydrogens (tertiary/aromatic N) is 2. The van der Waals surface area contributed by atoms with Crippen LogP contribution in [-0.2, 0) is 14.6 Å². The number of aromatic nitrogens is 2. The highest BCUT2D eigenvalue weighted by Gasteiger charge is 2.16. The maximum absolute atomic E-state index is 11.6. The van der Waals surface area contributed by atoms with E-state index in [4.69, 9.17) is 5.73 Å². The van der Waals surface area contributed by atoms with Gasteiger partial charge in [-0.3, -0.25) is 4.79 Å². The predicted octanol–water partition coefficient (Wildman–Crippen LogP) is -0.514. The van der Waals surface area contributed by atoms with Crippen molar-refractivity contribution in [3.63, 3.8) is 0 Å². The van der Waals surface area contributed by atoms with Crippen LogP contribution in [0.5, 0.6) is 0 Å². The van der Waals surface area contributed by atoms with E-state index in [9.17, 15) is 13.2 Å². The zero-order valence-corrected chi connectivity index (χ0v) is 11.1. The Kier molecular flexibility index (Phi) is 4.74. The summed E-state index contributed by atoms with van der Waals surface area (Å²) >= 11 is 0. The first-order valence-corrected chi connectivity index (χ1v) is 7.37. The topological polar surface area (TPSA) is 115 Å². The van der Waals surface area contributed by atoms with Crippen LogP contribution < -0.4 is 11.1 Å². The maximum Gasteiger partial charge on any atom is 0.241 e. The van der Waals surface area contributed by atoms with Gasteiger partial charge in [0.1, 0.15) is 15.7 Å². The Morgan fingerprint density at radius 1 is 1.44 bits per heavy atom. The van der Waals surface area contributed by atoms with Crippen LogP contribution in [0, 0.1) is 6.92 Å². The first-order chi connectivity index (χ1) is 8.28. The van der Waals surface area contributed by atoms with Crippen molar-refractivity contribution in [2.45, 2.75) is 19.4 Å². The number of hydrogen-bond donors (Lipinski definition) is 2. The second kappa shape index (κ2) is 5.87. The van der Waals surface area contributed by atoms with E-state index in [1.54, 1.807) is 6.92 Å². The Morgan fingerprint density at radius 3 is 2.50 bits per heavy atom. The second-order valence-corrected chi connectivity index (χ2v) is 6.29. The van der Waals surface area contributed by atoms with Crippen LogP contribution in [0.3, 0.4) is 0 Å². The number of aryl methyl sites for hydroxylation is 1. The molecule has 0 bridgehead atoms.